The number of rotatable bonds is 6. The average Bonchev–Trinajstić information content (AvgIpc) is 3.17. The first-order chi connectivity index (χ1) is 13.3. The Labute approximate surface area is 161 Å². The van der Waals surface area contributed by atoms with Gasteiger partial charge in [0.1, 0.15) is 17.0 Å². The number of thiophene rings is 1. The normalized spacial score (nSPS) is 10.7. The van der Waals surface area contributed by atoms with E-state index in [1.165, 1.54) is 0 Å². The molecule has 1 N–H and O–H groups in total. The molecule has 4 rings (SSSR count). The van der Waals surface area contributed by atoms with E-state index in [4.69, 9.17) is 9.47 Å². The van der Waals surface area contributed by atoms with Gasteiger partial charge in [0.25, 0.3) is 0 Å². The van der Waals surface area contributed by atoms with Crippen molar-refractivity contribution in [3.8, 4) is 22.6 Å². The number of benzene rings is 2. The van der Waals surface area contributed by atoms with Gasteiger partial charge in [-0.05, 0) is 11.6 Å². The zero-order valence-corrected chi connectivity index (χ0v) is 15.9. The molecule has 5 nitrogen and oxygen atoms in total. The molecule has 0 atom stereocenters. The Kier molecular flexibility index (Phi) is 4.89. The standard InChI is InChI=1S/C21H19N3O2S/c1-25-17-10-6-9-15(19(17)26-2)11-22-20-18-16(14-7-4-3-5-8-14)12-27-21(18)24-13-23-20/h3-10,12-13H,11H2,1-2H3,(H,22,23,24). The molecule has 0 aliphatic heterocycles. The fourth-order valence-electron chi connectivity index (χ4n) is 3.11. The number of methoxy groups -OCH3 is 2. The molecule has 27 heavy (non-hydrogen) atoms. The van der Waals surface area contributed by atoms with Crippen molar-refractivity contribution in [1.82, 2.24) is 9.97 Å². The lowest BCUT2D eigenvalue weighted by Crippen LogP contribution is -2.05. The van der Waals surface area contributed by atoms with Crippen LogP contribution in [-0.2, 0) is 6.54 Å². The van der Waals surface area contributed by atoms with Gasteiger partial charge in [-0.15, -0.1) is 11.3 Å². The van der Waals surface area contributed by atoms with E-state index in [0.29, 0.717) is 12.3 Å². The minimum Gasteiger partial charge on any atom is -0.493 e. The number of ether oxygens (including phenoxy) is 2. The molecule has 6 heteroatoms. The van der Waals surface area contributed by atoms with Gasteiger partial charge >= 0.3 is 0 Å². The number of hydrogen-bond acceptors (Lipinski definition) is 6. The number of nitrogens with one attached hydrogen (secondary N) is 1. The van der Waals surface area contributed by atoms with Crippen molar-refractivity contribution < 1.29 is 9.47 Å². The third-order valence-electron chi connectivity index (χ3n) is 4.39. The predicted octanol–water partition coefficient (Wildman–Crippen LogP) is 4.99. The molecule has 136 valence electrons. The smallest absolute Gasteiger partial charge is 0.165 e. The molecule has 2 aromatic carbocycles. The fourth-order valence-corrected chi connectivity index (χ4v) is 4.03. The molecule has 0 bridgehead atoms. The van der Waals surface area contributed by atoms with E-state index in [0.717, 1.165) is 38.5 Å². The molecule has 0 saturated carbocycles. The number of hydrogen-bond donors (Lipinski definition) is 1. The Hall–Kier alpha value is -3.12. The lowest BCUT2D eigenvalue weighted by atomic mass is 10.1. The molecule has 0 fully saturated rings. The monoisotopic (exact) mass is 377 g/mol. The molecular formula is C21H19N3O2S. The van der Waals surface area contributed by atoms with Crippen LogP contribution in [0, 0.1) is 0 Å². The summed E-state index contributed by atoms with van der Waals surface area (Å²) in [6, 6.07) is 16.1. The van der Waals surface area contributed by atoms with Crippen LogP contribution in [0.15, 0.2) is 60.2 Å². The maximum atomic E-state index is 5.53. The lowest BCUT2D eigenvalue weighted by Gasteiger charge is -2.14. The molecule has 4 aromatic rings. The second kappa shape index (κ2) is 7.63. The van der Waals surface area contributed by atoms with Crippen molar-refractivity contribution in [2.75, 3.05) is 19.5 Å². The Morgan fingerprint density at radius 3 is 2.59 bits per heavy atom. The molecule has 2 heterocycles. The predicted molar refractivity (Wildman–Crippen MR) is 110 cm³/mol. The van der Waals surface area contributed by atoms with E-state index in [9.17, 15) is 0 Å². The molecule has 0 unspecified atom stereocenters. The van der Waals surface area contributed by atoms with E-state index in [2.05, 4.69) is 32.8 Å². The quantitative estimate of drug-likeness (QED) is 0.513. The van der Waals surface area contributed by atoms with Crippen molar-refractivity contribution in [2.24, 2.45) is 0 Å². The van der Waals surface area contributed by atoms with Crippen LogP contribution < -0.4 is 14.8 Å². The Morgan fingerprint density at radius 2 is 1.81 bits per heavy atom. The van der Waals surface area contributed by atoms with Crippen LogP contribution in [-0.4, -0.2) is 24.2 Å². The van der Waals surface area contributed by atoms with Crippen LogP contribution >= 0.6 is 11.3 Å². The van der Waals surface area contributed by atoms with Gasteiger partial charge in [0.05, 0.1) is 19.6 Å². The number of fused-ring (bicyclic) bond motifs is 1. The highest BCUT2D eigenvalue weighted by Crippen LogP contribution is 2.37. The van der Waals surface area contributed by atoms with Crippen molar-refractivity contribution >= 4 is 27.4 Å². The number of aromatic nitrogens is 2. The summed E-state index contributed by atoms with van der Waals surface area (Å²) in [5.41, 5.74) is 3.29. The summed E-state index contributed by atoms with van der Waals surface area (Å²) >= 11 is 1.62. The first-order valence-electron chi connectivity index (χ1n) is 8.53. The average molecular weight is 377 g/mol. The van der Waals surface area contributed by atoms with Crippen molar-refractivity contribution in [3.63, 3.8) is 0 Å². The van der Waals surface area contributed by atoms with Gasteiger partial charge < -0.3 is 14.8 Å². The van der Waals surface area contributed by atoms with Crippen LogP contribution in [0.1, 0.15) is 5.56 Å². The zero-order valence-electron chi connectivity index (χ0n) is 15.1. The third kappa shape index (κ3) is 3.31. The van der Waals surface area contributed by atoms with Crippen LogP contribution in [0.4, 0.5) is 5.82 Å². The second-order valence-corrected chi connectivity index (χ2v) is 6.78. The molecule has 2 aromatic heterocycles. The highest BCUT2D eigenvalue weighted by atomic mass is 32.1. The minimum atomic E-state index is 0.566. The SMILES string of the molecule is COc1cccc(CNc2ncnc3scc(-c4ccccc4)c23)c1OC. The second-order valence-electron chi connectivity index (χ2n) is 5.92. The highest BCUT2D eigenvalue weighted by molar-refractivity contribution is 7.17. The first-order valence-corrected chi connectivity index (χ1v) is 9.41. The summed E-state index contributed by atoms with van der Waals surface area (Å²) in [6.45, 7) is 0.566. The van der Waals surface area contributed by atoms with E-state index >= 15 is 0 Å². The summed E-state index contributed by atoms with van der Waals surface area (Å²) in [4.78, 5) is 9.88. The van der Waals surface area contributed by atoms with E-state index in [-0.39, 0.29) is 0 Å². The van der Waals surface area contributed by atoms with E-state index in [1.54, 1.807) is 31.9 Å². The summed E-state index contributed by atoms with van der Waals surface area (Å²) in [5.74, 6) is 2.25. The molecule has 0 spiro atoms. The number of para-hydroxylation sites is 1. The zero-order chi connectivity index (χ0) is 18.6. The maximum Gasteiger partial charge on any atom is 0.165 e. The molecule has 0 aliphatic carbocycles. The lowest BCUT2D eigenvalue weighted by molar-refractivity contribution is 0.352. The summed E-state index contributed by atoms with van der Waals surface area (Å²) in [7, 11) is 3.29. The Bertz CT molecular complexity index is 1060. The highest BCUT2D eigenvalue weighted by Gasteiger charge is 2.14. The van der Waals surface area contributed by atoms with E-state index in [1.807, 2.05) is 36.4 Å². The topological polar surface area (TPSA) is 56.3 Å². The van der Waals surface area contributed by atoms with Gasteiger partial charge in [0.2, 0.25) is 0 Å². The van der Waals surface area contributed by atoms with Gasteiger partial charge in [-0.1, -0.05) is 42.5 Å². The van der Waals surface area contributed by atoms with Crippen LogP contribution in [0.3, 0.4) is 0 Å². The molecular weight excluding hydrogens is 358 g/mol. The summed E-state index contributed by atoms with van der Waals surface area (Å²) in [5, 5.41) is 6.61. The third-order valence-corrected chi connectivity index (χ3v) is 5.27. The summed E-state index contributed by atoms with van der Waals surface area (Å²) < 4.78 is 10.9. The maximum absolute atomic E-state index is 5.53. The Morgan fingerprint density at radius 1 is 0.963 bits per heavy atom. The number of anilines is 1. The van der Waals surface area contributed by atoms with Crippen LogP contribution in [0.5, 0.6) is 11.5 Å². The summed E-state index contributed by atoms with van der Waals surface area (Å²) in [6.07, 6.45) is 1.60. The van der Waals surface area contributed by atoms with Crippen molar-refractivity contribution in [3.05, 3.63) is 65.8 Å². The molecule has 0 radical (unpaired) electrons. The van der Waals surface area contributed by atoms with Gasteiger partial charge in [-0.2, -0.15) is 0 Å². The number of nitrogens with zero attached hydrogens (tertiary/aromatic N) is 2. The molecule has 0 aliphatic rings. The minimum absolute atomic E-state index is 0.566. The van der Waals surface area contributed by atoms with Gasteiger partial charge in [-0.3, -0.25) is 0 Å². The van der Waals surface area contributed by atoms with E-state index < -0.39 is 0 Å². The van der Waals surface area contributed by atoms with Crippen molar-refractivity contribution in [2.45, 2.75) is 6.54 Å². The fraction of sp³-hybridized carbons (Fsp3) is 0.143. The van der Waals surface area contributed by atoms with Crippen LogP contribution in [0.2, 0.25) is 0 Å². The Balaban J connectivity index is 1.71. The largest absolute Gasteiger partial charge is 0.493 e. The first kappa shape index (κ1) is 17.3. The van der Waals surface area contributed by atoms with Crippen molar-refractivity contribution in [1.29, 1.82) is 0 Å². The van der Waals surface area contributed by atoms with Gasteiger partial charge in [0.15, 0.2) is 11.5 Å². The van der Waals surface area contributed by atoms with Crippen LogP contribution in [0.25, 0.3) is 21.3 Å². The van der Waals surface area contributed by atoms with Gasteiger partial charge in [0, 0.05) is 23.1 Å². The van der Waals surface area contributed by atoms with Gasteiger partial charge in [-0.25, -0.2) is 9.97 Å². The molecule has 0 saturated heterocycles. The molecule has 0 amide bonds.